The van der Waals surface area contributed by atoms with E-state index >= 15 is 0 Å². The average Bonchev–Trinajstić information content (AvgIpc) is 1.16. The van der Waals surface area contributed by atoms with E-state index in [0.29, 0.717) is 129 Å². The number of ketones is 5. The molecule has 16 aliphatic carbocycles. The Kier molecular flexibility index (Phi) is 32.4. The first kappa shape index (κ1) is 110. The Hall–Kier alpha value is -12.4. The number of halogens is 3. The van der Waals surface area contributed by atoms with Crippen LogP contribution in [0.25, 0.3) is 22.4 Å². The van der Waals surface area contributed by atoms with E-state index in [1.165, 1.54) is 31.8 Å². The number of nitrogens with one attached hydrogen (secondary N) is 10. The number of nitrogens with zero attached hydrogens (tertiary/aromatic N) is 10. The van der Waals surface area contributed by atoms with Crippen LogP contribution in [0.3, 0.4) is 0 Å². The minimum Gasteiger partial charge on any atom is -0.481 e. The van der Waals surface area contributed by atoms with Crippen LogP contribution in [0, 0.1) is 68.0 Å². The van der Waals surface area contributed by atoms with Crippen molar-refractivity contribution >= 4 is 152 Å². The van der Waals surface area contributed by atoms with Gasteiger partial charge in [0.25, 0.3) is 23.6 Å². The topological polar surface area (TPSA) is 524 Å². The molecule has 1 aliphatic heterocycles. The third kappa shape index (κ3) is 24.2. The number of aromatic nitrogens is 8. The van der Waals surface area contributed by atoms with E-state index in [0.717, 1.165) is 176 Å². The summed E-state index contributed by atoms with van der Waals surface area (Å²) in [6.45, 7) is 16.3. The molecule has 150 heavy (non-hydrogen) atoms. The zero-order chi connectivity index (χ0) is 108. The molecule has 25 rings (SSSR count). The van der Waals surface area contributed by atoms with Crippen LogP contribution < -0.4 is 64.5 Å². The summed E-state index contributed by atoms with van der Waals surface area (Å²) in [6.07, 6.45) is 34.8. The highest BCUT2D eigenvalue weighted by atomic mass is 35.5. The van der Waals surface area contributed by atoms with Gasteiger partial charge in [-0.15, -0.1) is 0 Å². The lowest BCUT2D eigenvalue weighted by Crippen LogP contribution is -2.71. The fourth-order valence-electron chi connectivity index (χ4n) is 26.6. The summed E-state index contributed by atoms with van der Waals surface area (Å²) in [5.41, 5.74) is 13.6. The van der Waals surface area contributed by atoms with Gasteiger partial charge in [0.15, 0.2) is 0 Å². The van der Waals surface area contributed by atoms with Crippen LogP contribution in [0.2, 0.25) is 15.5 Å². The van der Waals surface area contributed by atoms with E-state index in [1.54, 1.807) is 100 Å². The Morgan fingerprint density at radius 2 is 0.687 bits per heavy atom. The number of carbonyl (C=O) groups excluding carboxylic acids is 11. The van der Waals surface area contributed by atoms with Crippen LogP contribution in [0.4, 0.5) is 22.7 Å². The van der Waals surface area contributed by atoms with Crippen molar-refractivity contribution < 1.29 is 71.9 Å². The predicted octanol–water partition coefficient (Wildman–Crippen LogP) is 15.1. The third-order valence-electron chi connectivity index (χ3n) is 33.6. The quantitative estimate of drug-likeness (QED) is 0.0147. The SMILES string of the molecule is CC(=O)CC12CC(Nc3cc(Cl)ncc3C(=O)NC3CCC(C(=O)O)CC3)(C1)C2.CC(=O)CC12CC(Nc3cc(Cl)ncc3C(=O)NC3CCC(C(C)=O)CC3)(C1)C2.CC1(C)OB(c2ccc3cc(C#N)cnn23)OC1(C)C.CN.CNC(=O)C1CCC(NC(=O)c2cnc(-c3ccc4cc(C#N)cnn34)cc2NC23CC(CC(C)=O)(C2)C3)CC1.CNC(=O)C1CCC(NC(=O)c2cnc(Cl)cc2NC23CC(CC(C)=O)(C2)C3)CC1. The predicted molar refractivity (Wildman–Crippen MR) is 568 cm³/mol. The molecule has 17 fully saturated rings. The van der Waals surface area contributed by atoms with Crippen molar-refractivity contribution in [1.82, 2.24) is 71.1 Å². The molecule has 13 N–H and O–H groups in total. The van der Waals surface area contributed by atoms with E-state index < -0.39 is 13.1 Å². The summed E-state index contributed by atoms with van der Waals surface area (Å²) in [4.78, 5) is 162. The summed E-state index contributed by atoms with van der Waals surface area (Å²) in [6, 6.07) is 22.5. The fourth-order valence-corrected chi connectivity index (χ4v) is 27.1. The minimum absolute atomic E-state index is 0.00218. The van der Waals surface area contributed by atoms with Gasteiger partial charge in [-0.3, -0.25) is 43.3 Å². The van der Waals surface area contributed by atoms with E-state index in [4.69, 9.17) is 54.5 Å². The molecule has 40 heteroatoms. The Bertz CT molecular complexity index is 6440. The zero-order valence-corrected chi connectivity index (χ0v) is 89.7. The third-order valence-corrected chi connectivity index (χ3v) is 34.2. The molecule has 1 saturated heterocycles. The molecule has 6 amide bonds. The van der Waals surface area contributed by atoms with Crippen LogP contribution in [0.1, 0.15) is 320 Å². The average molecular weight is 2110 g/mol. The molecular formula is C110H137BCl3N21O15. The largest absolute Gasteiger partial charge is 0.514 e. The Morgan fingerprint density at radius 1 is 0.400 bits per heavy atom. The van der Waals surface area contributed by atoms with Crippen molar-refractivity contribution in [1.29, 1.82) is 10.5 Å². The number of Topliss-reactive ketones (excluding diaryl/α,β-unsaturated/α-hetero) is 5. The van der Waals surface area contributed by atoms with Crippen molar-refractivity contribution in [2.75, 3.05) is 42.4 Å². The highest BCUT2D eigenvalue weighted by Crippen LogP contribution is 2.73. The molecule has 8 aromatic heterocycles. The molecule has 16 saturated carbocycles. The standard InChI is InChI=1S/C30H33N7O3.C22H29ClN4O3.C22H28ClN3O3.C21H26ClN3O4.C14H16BN3O2.CH5N/c1-18(38)11-29-15-30(16-29,17-29)36-24-10-25(26-8-7-22-9-19(12-31)13-34-37(22)26)33-14-23(24)28(40)35-21-5-3-20(4-6-21)27(39)32-2;1-13(28)8-21-10-22(11-21,12-21)27-17-7-18(23)25-9-16(17)20(30)26-15-5-3-14(4-6-15)19(29)24-2;1-13(27)8-21-10-22(11-21,12-21)26-18-7-19(23)24-9-17(18)20(29)25-16-5-3-15(4-6-16)14(2)28;1-12(26)7-20-9-21(10-20,11-20)25-16-6-17(22)23-8-15(16)18(27)24-14-4-2-13(3-5-14)19(28)29;1-13(2)14(3,4)20-15(19-13)12-6-5-11-7-10(8-16)9-17-18(11)12;1-2/h7-10,13-14,20-21H,3-6,11,15-17H2,1-2H3,(H,32,39)(H,33,36)(H,35,40);7,9,14-15H,3-6,8,10-12H2,1-2H3,(H,24,29)(H,25,27)(H,26,30);7,9,15-16H,3-6,8,10-12H2,1-2H3,(H,24,26)(H,25,29);6,8,13-14H,2-5,7,9-11H2,1H3,(H,23,25)(H,24,27)(H,28,29);5-7,9H,1-4H3;2H2,1H3. The van der Waals surface area contributed by atoms with Gasteiger partial charge in [-0.05, 0) is 331 Å². The van der Waals surface area contributed by atoms with Crippen LogP contribution in [0.5, 0.6) is 0 Å². The van der Waals surface area contributed by atoms with Gasteiger partial charge >= 0.3 is 13.1 Å². The summed E-state index contributed by atoms with van der Waals surface area (Å²) in [7, 11) is 4.36. The number of hydrogen-bond donors (Lipinski definition) is 12. The minimum atomic E-state index is -0.760. The summed E-state index contributed by atoms with van der Waals surface area (Å²) >= 11 is 18.3. The molecule has 36 nitrogen and oxygen atoms in total. The van der Waals surface area contributed by atoms with Crippen molar-refractivity contribution in [3.63, 3.8) is 0 Å². The maximum atomic E-state index is 13.5. The molecule has 796 valence electrons. The molecule has 0 radical (unpaired) electrons. The number of rotatable bonds is 30. The number of carboxylic acid groups (broad SMARTS) is 1. The molecule has 9 heterocycles. The van der Waals surface area contributed by atoms with Gasteiger partial charge in [0.05, 0.1) is 114 Å². The van der Waals surface area contributed by atoms with Gasteiger partial charge in [0.2, 0.25) is 11.8 Å². The van der Waals surface area contributed by atoms with E-state index in [2.05, 4.69) is 101 Å². The van der Waals surface area contributed by atoms with E-state index in [1.807, 2.05) is 58.0 Å². The molecular weight excluding hydrogens is 1970 g/mol. The van der Waals surface area contributed by atoms with Crippen LogP contribution in [-0.4, -0.2) is 200 Å². The van der Waals surface area contributed by atoms with Crippen molar-refractivity contribution in [2.45, 2.75) is 325 Å². The first-order valence-corrected chi connectivity index (χ1v) is 53.5. The number of carboxylic acids is 1. The first-order valence-electron chi connectivity index (χ1n) is 52.3. The van der Waals surface area contributed by atoms with Gasteiger partial charge in [0, 0.05) is 129 Å². The molecule has 0 aromatic carbocycles. The maximum absolute atomic E-state index is 13.5. The second-order valence-corrected chi connectivity index (χ2v) is 47.4. The molecule has 0 atom stereocenters. The number of nitrogens with two attached hydrogens (primary N) is 1. The molecule has 0 unspecified atom stereocenters. The number of carbonyl (C=O) groups is 12. The van der Waals surface area contributed by atoms with Crippen molar-refractivity contribution in [3.8, 4) is 23.5 Å². The highest BCUT2D eigenvalue weighted by molar-refractivity contribution is 6.61. The van der Waals surface area contributed by atoms with E-state index in [-0.39, 0.29) is 167 Å². The Balaban J connectivity index is 0.000000135. The lowest BCUT2D eigenvalue weighted by molar-refractivity contribution is -0.145. The van der Waals surface area contributed by atoms with Gasteiger partial charge < -0.3 is 92.5 Å². The van der Waals surface area contributed by atoms with Gasteiger partial charge in [-0.2, -0.15) is 20.7 Å². The molecule has 8 aromatic rings. The zero-order valence-electron chi connectivity index (χ0n) is 87.4. The Labute approximate surface area is 888 Å². The molecule has 0 spiro atoms. The smallest absolute Gasteiger partial charge is 0.481 e. The number of anilines is 4. The number of hydrogen-bond acceptors (Lipinski definition) is 27. The number of fused-ring (bicyclic) bond motifs is 2. The van der Waals surface area contributed by atoms with E-state index in [9.17, 15) is 62.8 Å². The maximum Gasteiger partial charge on any atom is 0.514 e. The second kappa shape index (κ2) is 44.1. The summed E-state index contributed by atoms with van der Waals surface area (Å²) in [5.74, 6) is -0.353. The van der Waals surface area contributed by atoms with Gasteiger partial charge in [0.1, 0.15) is 56.5 Å². The number of nitriles is 2. The van der Waals surface area contributed by atoms with Crippen LogP contribution >= 0.6 is 34.8 Å². The summed E-state index contributed by atoms with van der Waals surface area (Å²) in [5, 5.41) is 69.0. The lowest BCUT2D eigenvalue weighted by Gasteiger charge is -2.71. The fraction of sp³-hybridized carbons (Fsp3) is 0.564. The highest BCUT2D eigenvalue weighted by Gasteiger charge is 2.71. The number of aliphatic carboxylic acids is 1. The summed E-state index contributed by atoms with van der Waals surface area (Å²) < 4.78 is 15.5. The number of pyridine rings is 4. The van der Waals surface area contributed by atoms with Crippen LogP contribution in [0.15, 0.2) is 97.8 Å². The number of amides is 6. The lowest BCUT2D eigenvalue weighted by atomic mass is 9.38. The second-order valence-electron chi connectivity index (χ2n) is 46.2. The molecule has 17 aliphatic rings. The van der Waals surface area contributed by atoms with Crippen molar-refractivity contribution in [2.24, 2.45) is 51.1 Å². The first-order chi connectivity index (χ1) is 71.2. The van der Waals surface area contributed by atoms with Crippen molar-refractivity contribution in [3.05, 3.63) is 147 Å². The molecule has 8 bridgehead atoms. The Morgan fingerprint density at radius 3 is 0.987 bits per heavy atom. The van der Waals surface area contributed by atoms with Gasteiger partial charge in [-0.25, -0.2) is 24.0 Å². The van der Waals surface area contributed by atoms with Crippen LogP contribution in [-0.2, 0) is 47.7 Å². The van der Waals surface area contributed by atoms with Gasteiger partial charge in [-0.1, -0.05) is 34.8 Å². The normalized spacial score (nSPS) is 28.7. The monoisotopic (exact) mass is 2110 g/mol.